The van der Waals surface area contributed by atoms with Crippen LogP contribution in [0.4, 0.5) is 0 Å². The van der Waals surface area contributed by atoms with E-state index in [9.17, 15) is 19.5 Å². The van der Waals surface area contributed by atoms with Gasteiger partial charge < -0.3 is 15.7 Å². The van der Waals surface area contributed by atoms with Gasteiger partial charge in [0.15, 0.2) is 0 Å². The molecule has 0 fully saturated rings. The van der Waals surface area contributed by atoms with Crippen LogP contribution in [0.5, 0.6) is 0 Å². The molecule has 0 saturated carbocycles. The molecule has 0 radical (unpaired) electrons. The van der Waals surface area contributed by atoms with Crippen molar-refractivity contribution in [1.82, 2.24) is 10.6 Å². The molecule has 0 saturated heterocycles. The lowest BCUT2D eigenvalue weighted by Crippen LogP contribution is -2.52. The predicted molar refractivity (Wildman–Crippen MR) is 96.1 cm³/mol. The van der Waals surface area contributed by atoms with E-state index in [1.807, 2.05) is 30.3 Å². The van der Waals surface area contributed by atoms with Gasteiger partial charge in [-0.3, -0.25) is 9.59 Å². The van der Waals surface area contributed by atoms with Crippen LogP contribution in [0.1, 0.15) is 51.5 Å². The van der Waals surface area contributed by atoms with Gasteiger partial charge >= 0.3 is 5.97 Å². The molecule has 0 aliphatic carbocycles. The zero-order valence-corrected chi connectivity index (χ0v) is 15.0. The zero-order valence-electron chi connectivity index (χ0n) is 15.0. The summed E-state index contributed by atoms with van der Waals surface area (Å²) in [6.07, 6.45) is 4.49. The van der Waals surface area contributed by atoms with Crippen molar-refractivity contribution in [2.45, 2.75) is 64.5 Å². The van der Waals surface area contributed by atoms with Crippen molar-refractivity contribution in [3.8, 4) is 0 Å². The Morgan fingerprint density at radius 3 is 2.24 bits per heavy atom. The molecule has 0 heterocycles. The quantitative estimate of drug-likeness (QED) is 0.535. The summed E-state index contributed by atoms with van der Waals surface area (Å²) in [6, 6.07) is 7.57. The highest BCUT2D eigenvalue weighted by atomic mass is 16.4. The SMILES string of the molecule is CCCCCC[C@@H](NC(=O)[C@H](Cc1ccccc1)NC(C)=O)C(=O)O. The van der Waals surface area contributed by atoms with Crippen LogP contribution in [-0.4, -0.2) is 35.0 Å². The molecule has 0 aliphatic rings. The summed E-state index contributed by atoms with van der Waals surface area (Å²) in [7, 11) is 0. The first kappa shape index (κ1) is 20.7. The Hall–Kier alpha value is -2.37. The third-order valence-corrected chi connectivity index (χ3v) is 3.94. The summed E-state index contributed by atoms with van der Waals surface area (Å²) in [5.41, 5.74) is 0.895. The number of rotatable bonds is 11. The second-order valence-corrected chi connectivity index (χ2v) is 6.19. The fraction of sp³-hybridized carbons (Fsp3) is 0.526. The van der Waals surface area contributed by atoms with Crippen molar-refractivity contribution in [3.63, 3.8) is 0 Å². The third-order valence-electron chi connectivity index (χ3n) is 3.94. The minimum atomic E-state index is -1.05. The van der Waals surface area contributed by atoms with Crippen molar-refractivity contribution in [3.05, 3.63) is 35.9 Å². The molecule has 0 unspecified atom stereocenters. The van der Waals surface area contributed by atoms with Crippen LogP contribution in [0.3, 0.4) is 0 Å². The summed E-state index contributed by atoms with van der Waals surface area (Å²) in [5.74, 6) is -1.85. The molecule has 1 rings (SSSR count). The first-order valence-electron chi connectivity index (χ1n) is 8.78. The lowest BCUT2D eigenvalue weighted by Gasteiger charge is -2.21. The van der Waals surface area contributed by atoms with E-state index in [2.05, 4.69) is 17.6 Å². The fourth-order valence-corrected chi connectivity index (χ4v) is 2.61. The van der Waals surface area contributed by atoms with Crippen LogP contribution in [-0.2, 0) is 20.8 Å². The standard InChI is InChI=1S/C19H28N2O4/c1-3-4-5-9-12-16(19(24)25)21-18(23)17(20-14(2)22)13-15-10-7-6-8-11-15/h6-8,10-11,16-17H,3-5,9,12-13H2,1-2H3,(H,20,22)(H,21,23)(H,24,25)/t16-,17+/m1/s1. The van der Waals surface area contributed by atoms with Crippen LogP contribution in [0.15, 0.2) is 30.3 Å². The second-order valence-electron chi connectivity index (χ2n) is 6.19. The van der Waals surface area contributed by atoms with Crippen LogP contribution in [0, 0.1) is 0 Å². The minimum absolute atomic E-state index is 0.314. The van der Waals surface area contributed by atoms with Gasteiger partial charge in [0.25, 0.3) is 0 Å². The van der Waals surface area contributed by atoms with Gasteiger partial charge in [-0.05, 0) is 12.0 Å². The molecule has 2 atom stereocenters. The van der Waals surface area contributed by atoms with Gasteiger partial charge in [0.2, 0.25) is 11.8 Å². The molecule has 25 heavy (non-hydrogen) atoms. The van der Waals surface area contributed by atoms with Crippen LogP contribution in [0.2, 0.25) is 0 Å². The maximum Gasteiger partial charge on any atom is 0.326 e. The van der Waals surface area contributed by atoms with Gasteiger partial charge in [-0.25, -0.2) is 4.79 Å². The number of carbonyl (C=O) groups is 3. The van der Waals surface area contributed by atoms with E-state index in [1.165, 1.54) is 6.92 Å². The molecule has 3 N–H and O–H groups in total. The number of carboxylic acid groups (broad SMARTS) is 1. The number of hydrogen-bond donors (Lipinski definition) is 3. The number of benzene rings is 1. The maximum atomic E-state index is 12.5. The Kier molecular flexibility index (Phi) is 9.29. The molecule has 1 aromatic carbocycles. The van der Waals surface area contributed by atoms with Crippen molar-refractivity contribution in [2.75, 3.05) is 0 Å². The Balaban J connectivity index is 2.70. The van der Waals surface area contributed by atoms with Gasteiger partial charge in [-0.15, -0.1) is 0 Å². The number of carboxylic acids is 1. The monoisotopic (exact) mass is 348 g/mol. The van der Waals surface area contributed by atoms with E-state index >= 15 is 0 Å². The molecule has 0 bridgehead atoms. The van der Waals surface area contributed by atoms with Crippen LogP contribution >= 0.6 is 0 Å². The smallest absolute Gasteiger partial charge is 0.326 e. The molecule has 1 aromatic rings. The molecule has 0 spiro atoms. The number of hydrogen-bond acceptors (Lipinski definition) is 3. The van der Waals surface area contributed by atoms with E-state index in [-0.39, 0.29) is 5.91 Å². The largest absolute Gasteiger partial charge is 0.480 e. The fourth-order valence-electron chi connectivity index (χ4n) is 2.61. The Labute approximate surface area is 149 Å². The number of amides is 2. The minimum Gasteiger partial charge on any atom is -0.480 e. The van der Waals surface area contributed by atoms with Gasteiger partial charge in [-0.2, -0.15) is 0 Å². The third kappa shape index (κ3) is 8.33. The number of unbranched alkanes of at least 4 members (excludes halogenated alkanes) is 3. The average Bonchev–Trinajstić information content (AvgIpc) is 2.57. The summed E-state index contributed by atoms with van der Waals surface area (Å²) in [4.78, 5) is 35.3. The molecule has 0 aliphatic heterocycles. The van der Waals surface area contributed by atoms with Crippen LogP contribution in [0.25, 0.3) is 0 Å². The van der Waals surface area contributed by atoms with Crippen LogP contribution < -0.4 is 10.6 Å². The van der Waals surface area contributed by atoms with Crippen molar-refractivity contribution in [1.29, 1.82) is 0 Å². The van der Waals surface area contributed by atoms with Crippen molar-refractivity contribution >= 4 is 17.8 Å². The predicted octanol–water partition coefficient (Wildman–Crippen LogP) is 2.27. The van der Waals surface area contributed by atoms with Crippen molar-refractivity contribution < 1.29 is 19.5 Å². The van der Waals surface area contributed by atoms with E-state index in [1.54, 1.807) is 0 Å². The van der Waals surface area contributed by atoms with Gasteiger partial charge in [0, 0.05) is 13.3 Å². The summed E-state index contributed by atoms with van der Waals surface area (Å²) in [6.45, 7) is 3.42. The Morgan fingerprint density at radius 1 is 1.00 bits per heavy atom. The maximum absolute atomic E-state index is 12.5. The highest BCUT2D eigenvalue weighted by Gasteiger charge is 2.25. The summed E-state index contributed by atoms with van der Waals surface area (Å²) >= 11 is 0. The van der Waals surface area contributed by atoms with E-state index in [0.717, 1.165) is 31.2 Å². The first-order chi connectivity index (χ1) is 11.9. The molecule has 138 valence electrons. The van der Waals surface area contributed by atoms with E-state index < -0.39 is 24.0 Å². The van der Waals surface area contributed by atoms with Gasteiger partial charge in [0.05, 0.1) is 0 Å². The summed E-state index contributed by atoms with van der Waals surface area (Å²) in [5, 5.41) is 14.5. The molecule has 6 heteroatoms. The lowest BCUT2D eigenvalue weighted by atomic mass is 10.0. The Morgan fingerprint density at radius 2 is 1.68 bits per heavy atom. The van der Waals surface area contributed by atoms with E-state index in [0.29, 0.717) is 12.8 Å². The molecule has 6 nitrogen and oxygen atoms in total. The normalized spacial score (nSPS) is 12.9. The number of aliphatic carboxylic acids is 1. The van der Waals surface area contributed by atoms with Gasteiger partial charge in [0.1, 0.15) is 12.1 Å². The second kappa shape index (κ2) is 11.2. The molecule has 2 amide bonds. The first-order valence-corrected chi connectivity index (χ1v) is 8.78. The number of nitrogens with one attached hydrogen (secondary N) is 2. The topological polar surface area (TPSA) is 95.5 Å². The number of carbonyl (C=O) groups excluding carboxylic acids is 2. The van der Waals surface area contributed by atoms with E-state index in [4.69, 9.17) is 0 Å². The highest BCUT2D eigenvalue weighted by Crippen LogP contribution is 2.08. The highest BCUT2D eigenvalue weighted by molar-refractivity contribution is 5.90. The average molecular weight is 348 g/mol. The molecular weight excluding hydrogens is 320 g/mol. The zero-order chi connectivity index (χ0) is 18.7. The Bertz CT molecular complexity index is 560. The van der Waals surface area contributed by atoms with Crippen molar-refractivity contribution in [2.24, 2.45) is 0 Å². The molecular formula is C19H28N2O4. The van der Waals surface area contributed by atoms with Gasteiger partial charge in [-0.1, -0.05) is 62.9 Å². The summed E-state index contributed by atoms with van der Waals surface area (Å²) < 4.78 is 0. The molecule has 0 aromatic heterocycles. The lowest BCUT2D eigenvalue weighted by molar-refractivity contribution is -0.142.